The Balaban J connectivity index is 2.06. The topological polar surface area (TPSA) is 46.3 Å². The minimum atomic E-state index is 0.0538. The van der Waals surface area contributed by atoms with E-state index in [4.69, 9.17) is 5.73 Å². The number of carbonyl (C=O) groups is 1. The Morgan fingerprint density at radius 2 is 2.14 bits per heavy atom. The van der Waals surface area contributed by atoms with E-state index in [0.29, 0.717) is 0 Å². The van der Waals surface area contributed by atoms with E-state index in [1.54, 1.807) is 0 Å². The number of hydrogen-bond acceptors (Lipinski definition) is 2. The third-order valence-electron chi connectivity index (χ3n) is 4.23. The number of benzene rings is 1. The highest BCUT2D eigenvalue weighted by atomic mass is 16.2. The molecule has 0 radical (unpaired) electrons. The van der Waals surface area contributed by atoms with Crippen molar-refractivity contribution in [1.29, 1.82) is 0 Å². The van der Waals surface area contributed by atoms with E-state index in [0.717, 1.165) is 31.5 Å². The van der Waals surface area contributed by atoms with Gasteiger partial charge in [-0.05, 0) is 36.5 Å². The average Bonchev–Trinajstić information content (AvgIpc) is 2.87. The van der Waals surface area contributed by atoms with E-state index >= 15 is 0 Å². The van der Waals surface area contributed by atoms with Crippen LogP contribution < -0.4 is 10.6 Å². The molecule has 1 unspecified atom stereocenters. The maximum Gasteiger partial charge on any atom is 0.229 e. The standard InChI is InChI=1S/C18H28N2O/c1-4-5-6-16(19)12-14-7-8-17-15(11-14)9-10-20(17)18(21)13(2)3/h7-8,11,13,16H,4-6,9-10,12,19H2,1-3H3. The predicted octanol–water partition coefficient (Wildman–Crippen LogP) is 3.29. The molecule has 0 spiro atoms. The molecule has 2 N–H and O–H groups in total. The van der Waals surface area contributed by atoms with Gasteiger partial charge in [-0.1, -0.05) is 45.7 Å². The summed E-state index contributed by atoms with van der Waals surface area (Å²) in [6.45, 7) is 6.93. The summed E-state index contributed by atoms with van der Waals surface area (Å²) in [5.41, 5.74) is 9.88. The van der Waals surface area contributed by atoms with Gasteiger partial charge in [0.1, 0.15) is 0 Å². The second kappa shape index (κ2) is 7.08. The number of carbonyl (C=O) groups excluding carboxylic acids is 1. The fourth-order valence-electron chi connectivity index (χ4n) is 2.99. The molecule has 0 saturated carbocycles. The van der Waals surface area contributed by atoms with Crippen molar-refractivity contribution >= 4 is 11.6 Å². The maximum atomic E-state index is 12.2. The SMILES string of the molecule is CCCCC(N)Cc1ccc2c(c1)CCN2C(=O)C(C)C. The fourth-order valence-corrected chi connectivity index (χ4v) is 2.99. The molecule has 21 heavy (non-hydrogen) atoms. The van der Waals surface area contributed by atoms with Crippen molar-refractivity contribution in [2.24, 2.45) is 11.7 Å². The van der Waals surface area contributed by atoms with E-state index in [9.17, 15) is 4.79 Å². The van der Waals surface area contributed by atoms with Gasteiger partial charge in [-0.15, -0.1) is 0 Å². The summed E-state index contributed by atoms with van der Waals surface area (Å²) in [6, 6.07) is 6.73. The number of nitrogens with zero attached hydrogens (tertiary/aromatic N) is 1. The first-order chi connectivity index (χ1) is 10.0. The first-order valence-electron chi connectivity index (χ1n) is 8.21. The zero-order valence-electron chi connectivity index (χ0n) is 13.6. The van der Waals surface area contributed by atoms with Crippen LogP contribution in [0.15, 0.2) is 18.2 Å². The number of unbranched alkanes of at least 4 members (excludes halogenated alkanes) is 1. The lowest BCUT2D eigenvalue weighted by Crippen LogP contribution is -2.32. The summed E-state index contributed by atoms with van der Waals surface area (Å²) in [4.78, 5) is 14.1. The van der Waals surface area contributed by atoms with Gasteiger partial charge in [0, 0.05) is 24.2 Å². The molecule has 2 rings (SSSR count). The molecular weight excluding hydrogens is 260 g/mol. The molecule has 0 aromatic heterocycles. The van der Waals surface area contributed by atoms with Crippen molar-refractivity contribution in [2.45, 2.75) is 58.9 Å². The zero-order valence-corrected chi connectivity index (χ0v) is 13.6. The van der Waals surface area contributed by atoms with Gasteiger partial charge in [-0.2, -0.15) is 0 Å². The second-order valence-electron chi connectivity index (χ2n) is 6.46. The lowest BCUT2D eigenvalue weighted by molar-refractivity contribution is -0.121. The van der Waals surface area contributed by atoms with Crippen LogP contribution in [0.1, 0.15) is 51.2 Å². The van der Waals surface area contributed by atoms with Crippen LogP contribution in [-0.4, -0.2) is 18.5 Å². The van der Waals surface area contributed by atoms with E-state index < -0.39 is 0 Å². The van der Waals surface area contributed by atoms with Gasteiger partial charge >= 0.3 is 0 Å². The largest absolute Gasteiger partial charge is 0.327 e. The summed E-state index contributed by atoms with van der Waals surface area (Å²) >= 11 is 0. The number of fused-ring (bicyclic) bond motifs is 1. The minimum Gasteiger partial charge on any atom is -0.327 e. The monoisotopic (exact) mass is 288 g/mol. The van der Waals surface area contributed by atoms with Crippen LogP contribution in [0.3, 0.4) is 0 Å². The molecule has 116 valence electrons. The Morgan fingerprint density at radius 3 is 2.81 bits per heavy atom. The summed E-state index contributed by atoms with van der Waals surface area (Å²) in [5.74, 6) is 0.277. The van der Waals surface area contributed by atoms with E-state index in [1.165, 1.54) is 24.0 Å². The molecule has 1 aliphatic rings. The highest BCUT2D eigenvalue weighted by Gasteiger charge is 2.26. The van der Waals surface area contributed by atoms with Gasteiger partial charge in [0.15, 0.2) is 0 Å². The second-order valence-corrected chi connectivity index (χ2v) is 6.46. The zero-order chi connectivity index (χ0) is 15.4. The van der Waals surface area contributed by atoms with Crippen molar-refractivity contribution in [3.05, 3.63) is 29.3 Å². The van der Waals surface area contributed by atoms with Crippen LogP contribution in [0.5, 0.6) is 0 Å². The lowest BCUT2D eigenvalue weighted by atomic mass is 9.99. The maximum absolute atomic E-state index is 12.2. The van der Waals surface area contributed by atoms with E-state index in [1.807, 2.05) is 18.7 Å². The number of rotatable bonds is 6. The number of hydrogen-bond donors (Lipinski definition) is 1. The average molecular weight is 288 g/mol. The Hall–Kier alpha value is -1.35. The molecule has 1 aliphatic heterocycles. The van der Waals surface area contributed by atoms with E-state index in [-0.39, 0.29) is 17.9 Å². The van der Waals surface area contributed by atoms with E-state index in [2.05, 4.69) is 25.1 Å². The first kappa shape index (κ1) is 16.0. The molecule has 1 aromatic rings. The van der Waals surface area contributed by atoms with Gasteiger partial charge in [0.25, 0.3) is 0 Å². The van der Waals surface area contributed by atoms with Crippen molar-refractivity contribution in [1.82, 2.24) is 0 Å². The first-order valence-corrected chi connectivity index (χ1v) is 8.21. The van der Waals surface area contributed by atoms with Gasteiger partial charge < -0.3 is 10.6 Å². The van der Waals surface area contributed by atoms with Crippen LogP contribution in [0.4, 0.5) is 5.69 Å². The predicted molar refractivity (Wildman–Crippen MR) is 88.5 cm³/mol. The minimum absolute atomic E-state index is 0.0538. The molecule has 0 aliphatic carbocycles. The van der Waals surface area contributed by atoms with Crippen molar-refractivity contribution < 1.29 is 4.79 Å². The van der Waals surface area contributed by atoms with Crippen molar-refractivity contribution in [2.75, 3.05) is 11.4 Å². The van der Waals surface area contributed by atoms with Gasteiger partial charge in [-0.3, -0.25) is 4.79 Å². The highest BCUT2D eigenvalue weighted by molar-refractivity contribution is 5.96. The Kier molecular flexibility index (Phi) is 5.40. The van der Waals surface area contributed by atoms with Crippen LogP contribution in [0, 0.1) is 5.92 Å². The summed E-state index contributed by atoms with van der Waals surface area (Å²) in [5, 5.41) is 0. The molecule has 3 nitrogen and oxygen atoms in total. The third kappa shape index (κ3) is 3.85. The summed E-state index contributed by atoms with van der Waals surface area (Å²) in [6.07, 6.45) is 5.38. The Labute approximate surface area is 128 Å². The number of anilines is 1. The molecule has 1 atom stereocenters. The molecule has 3 heteroatoms. The smallest absolute Gasteiger partial charge is 0.229 e. The van der Waals surface area contributed by atoms with Gasteiger partial charge in [0.05, 0.1) is 0 Å². The Morgan fingerprint density at radius 1 is 1.38 bits per heavy atom. The molecule has 0 saturated heterocycles. The number of amides is 1. The molecule has 0 fully saturated rings. The Bertz CT molecular complexity index is 496. The highest BCUT2D eigenvalue weighted by Crippen LogP contribution is 2.30. The van der Waals surface area contributed by atoms with Crippen LogP contribution in [0.25, 0.3) is 0 Å². The molecule has 0 bridgehead atoms. The molecule has 1 aromatic carbocycles. The molecule has 1 heterocycles. The van der Waals surface area contributed by atoms with Crippen LogP contribution in [0.2, 0.25) is 0 Å². The summed E-state index contributed by atoms with van der Waals surface area (Å²) < 4.78 is 0. The number of nitrogens with two attached hydrogens (primary N) is 1. The third-order valence-corrected chi connectivity index (χ3v) is 4.23. The molecule has 1 amide bonds. The van der Waals surface area contributed by atoms with Crippen molar-refractivity contribution in [3.63, 3.8) is 0 Å². The lowest BCUT2D eigenvalue weighted by Gasteiger charge is -2.20. The van der Waals surface area contributed by atoms with Gasteiger partial charge in [-0.25, -0.2) is 0 Å². The fraction of sp³-hybridized carbons (Fsp3) is 0.611. The van der Waals surface area contributed by atoms with Crippen LogP contribution in [-0.2, 0) is 17.6 Å². The molecular formula is C18H28N2O. The normalized spacial score (nSPS) is 15.4. The van der Waals surface area contributed by atoms with Crippen LogP contribution >= 0.6 is 0 Å². The van der Waals surface area contributed by atoms with Gasteiger partial charge in [0.2, 0.25) is 5.91 Å². The summed E-state index contributed by atoms with van der Waals surface area (Å²) in [7, 11) is 0. The quantitative estimate of drug-likeness (QED) is 0.873. The van der Waals surface area contributed by atoms with Crippen molar-refractivity contribution in [3.8, 4) is 0 Å².